The molecule has 0 bridgehead atoms. The summed E-state index contributed by atoms with van der Waals surface area (Å²) in [6.07, 6.45) is 1.07. The van der Waals surface area contributed by atoms with E-state index in [1.807, 2.05) is 0 Å². The second-order valence-electron chi connectivity index (χ2n) is 5.63. The van der Waals surface area contributed by atoms with E-state index in [-0.39, 0.29) is 6.79 Å². The third-order valence-corrected chi connectivity index (χ3v) is 4.98. The molecule has 0 spiro atoms. The Hall–Kier alpha value is -2.74. The van der Waals surface area contributed by atoms with Crippen molar-refractivity contribution in [3.63, 3.8) is 0 Å². The first kappa shape index (κ1) is 17.1. The smallest absolute Gasteiger partial charge is 0.247 e. The average molecular weight is 362 g/mol. The minimum absolute atomic E-state index is 0.138. The first-order valence-electron chi connectivity index (χ1n) is 7.61. The van der Waals surface area contributed by atoms with Gasteiger partial charge < -0.3 is 14.8 Å². The maximum Gasteiger partial charge on any atom is 0.247 e. The van der Waals surface area contributed by atoms with Crippen LogP contribution in [0.1, 0.15) is 6.92 Å². The lowest BCUT2D eigenvalue weighted by Gasteiger charge is -2.28. The summed E-state index contributed by atoms with van der Waals surface area (Å²) in [6.45, 7) is 1.68. The number of sulfonamides is 1. The fourth-order valence-electron chi connectivity index (χ4n) is 2.60. The van der Waals surface area contributed by atoms with Crippen LogP contribution < -0.4 is 19.1 Å². The predicted octanol–water partition coefficient (Wildman–Crippen LogP) is 2.21. The Morgan fingerprint density at radius 1 is 1.12 bits per heavy atom. The number of hydrogen-bond donors (Lipinski definition) is 1. The summed E-state index contributed by atoms with van der Waals surface area (Å²) >= 11 is 0. The highest BCUT2D eigenvalue weighted by atomic mass is 32.2. The molecular formula is C17H18N2O5S. The molecule has 0 radical (unpaired) electrons. The van der Waals surface area contributed by atoms with Crippen LogP contribution in [0.15, 0.2) is 48.5 Å². The maximum absolute atomic E-state index is 12.6. The number of nitrogens with zero attached hydrogens (tertiary/aromatic N) is 1. The van der Waals surface area contributed by atoms with E-state index in [4.69, 9.17) is 9.47 Å². The van der Waals surface area contributed by atoms with E-state index in [0.29, 0.717) is 22.9 Å². The van der Waals surface area contributed by atoms with Crippen molar-refractivity contribution in [2.45, 2.75) is 13.0 Å². The second kappa shape index (κ2) is 6.64. The van der Waals surface area contributed by atoms with Crippen molar-refractivity contribution in [3.8, 4) is 11.5 Å². The van der Waals surface area contributed by atoms with Gasteiger partial charge in [-0.2, -0.15) is 0 Å². The van der Waals surface area contributed by atoms with Gasteiger partial charge in [0.25, 0.3) is 0 Å². The molecule has 0 unspecified atom stereocenters. The Labute approximate surface area is 146 Å². The summed E-state index contributed by atoms with van der Waals surface area (Å²) in [6, 6.07) is 12.6. The summed E-state index contributed by atoms with van der Waals surface area (Å²) in [5.74, 6) is 0.690. The van der Waals surface area contributed by atoms with E-state index >= 15 is 0 Å². The summed E-state index contributed by atoms with van der Waals surface area (Å²) in [5.41, 5.74) is 0.931. The fourth-order valence-corrected chi connectivity index (χ4v) is 3.78. The normalized spacial score (nSPS) is 14.0. The Morgan fingerprint density at radius 3 is 2.48 bits per heavy atom. The number of fused-ring (bicyclic) bond motifs is 1. The Morgan fingerprint density at radius 2 is 1.80 bits per heavy atom. The molecular weight excluding hydrogens is 344 g/mol. The van der Waals surface area contributed by atoms with Gasteiger partial charge in [0, 0.05) is 11.8 Å². The van der Waals surface area contributed by atoms with Crippen LogP contribution in [-0.2, 0) is 14.8 Å². The summed E-state index contributed by atoms with van der Waals surface area (Å²) in [4.78, 5) is 12.6. The van der Waals surface area contributed by atoms with Crippen LogP contribution in [0.25, 0.3) is 0 Å². The molecule has 1 N–H and O–H groups in total. The van der Waals surface area contributed by atoms with Gasteiger partial charge in [0.15, 0.2) is 11.5 Å². The van der Waals surface area contributed by atoms with Gasteiger partial charge in [-0.25, -0.2) is 8.42 Å². The van der Waals surface area contributed by atoms with Crippen LogP contribution in [0.3, 0.4) is 0 Å². The third-order valence-electron chi connectivity index (χ3n) is 3.74. The van der Waals surface area contributed by atoms with Crippen LogP contribution >= 0.6 is 0 Å². The largest absolute Gasteiger partial charge is 0.454 e. The van der Waals surface area contributed by atoms with Gasteiger partial charge in [-0.1, -0.05) is 18.2 Å². The highest BCUT2D eigenvalue weighted by Crippen LogP contribution is 2.34. The van der Waals surface area contributed by atoms with Crippen LogP contribution in [-0.4, -0.2) is 33.4 Å². The molecule has 7 nitrogen and oxygen atoms in total. The molecule has 132 valence electrons. The first-order valence-corrected chi connectivity index (χ1v) is 9.46. The van der Waals surface area contributed by atoms with Crippen molar-refractivity contribution in [2.24, 2.45) is 0 Å². The predicted molar refractivity (Wildman–Crippen MR) is 94.4 cm³/mol. The fraction of sp³-hybridized carbons (Fsp3) is 0.235. The number of rotatable bonds is 5. The van der Waals surface area contributed by atoms with E-state index in [2.05, 4.69) is 5.32 Å². The molecule has 2 aromatic rings. The molecule has 0 saturated carbocycles. The van der Waals surface area contributed by atoms with Crippen molar-refractivity contribution in [1.29, 1.82) is 0 Å². The molecule has 8 heteroatoms. The number of benzene rings is 2. The molecule has 0 aromatic heterocycles. The van der Waals surface area contributed by atoms with Crippen molar-refractivity contribution < 1.29 is 22.7 Å². The van der Waals surface area contributed by atoms with Gasteiger partial charge in [0.1, 0.15) is 6.04 Å². The quantitative estimate of drug-likeness (QED) is 0.881. The maximum atomic E-state index is 12.6. The van der Waals surface area contributed by atoms with E-state index in [1.165, 1.54) is 6.92 Å². The van der Waals surface area contributed by atoms with E-state index < -0.39 is 22.0 Å². The Balaban J connectivity index is 1.82. The van der Waals surface area contributed by atoms with Crippen molar-refractivity contribution in [2.75, 3.05) is 22.7 Å². The number of hydrogen-bond acceptors (Lipinski definition) is 5. The molecule has 1 aliphatic heterocycles. The van der Waals surface area contributed by atoms with Crippen molar-refractivity contribution in [3.05, 3.63) is 48.5 Å². The lowest BCUT2D eigenvalue weighted by molar-refractivity contribution is -0.116. The summed E-state index contributed by atoms with van der Waals surface area (Å²) < 4.78 is 36.0. The lowest BCUT2D eigenvalue weighted by Crippen LogP contribution is -2.45. The monoisotopic (exact) mass is 362 g/mol. The zero-order valence-corrected chi connectivity index (χ0v) is 14.6. The van der Waals surface area contributed by atoms with Gasteiger partial charge in [-0.05, 0) is 31.2 Å². The lowest BCUT2D eigenvalue weighted by atomic mass is 10.2. The highest BCUT2D eigenvalue weighted by molar-refractivity contribution is 7.92. The van der Waals surface area contributed by atoms with Gasteiger partial charge >= 0.3 is 0 Å². The average Bonchev–Trinajstić information content (AvgIpc) is 3.02. The number of amides is 1. The Bertz CT molecular complexity index is 883. The summed E-state index contributed by atoms with van der Waals surface area (Å²) in [5, 5.41) is 2.71. The molecule has 0 aliphatic carbocycles. The van der Waals surface area contributed by atoms with Crippen LogP contribution in [0.4, 0.5) is 11.4 Å². The molecule has 3 rings (SSSR count). The standard InChI is InChI=1S/C17H18N2O5S/c1-12(19(25(2,21)22)14-6-4-3-5-7-14)17(20)18-13-8-9-15-16(10-13)24-11-23-15/h3-10,12H,11H2,1-2H3,(H,18,20)/t12-/m1/s1. The number of anilines is 2. The van der Waals surface area contributed by atoms with Crippen LogP contribution in [0, 0.1) is 0 Å². The van der Waals surface area contributed by atoms with Gasteiger partial charge in [-0.15, -0.1) is 0 Å². The van der Waals surface area contributed by atoms with Gasteiger partial charge in [0.2, 0.25) is 22.7 Å². The second-order valence-corrected chi connectivity index (χ2v) is 7.49. The molecule has 1 amide bonds. The minimum Gasteiger partial charge on any atom is -0.454 e. The number of nitrogens with one attached hydrogen (secondary N) is 1. The summed E-state index contributed by atoms with van der Waals surface area (Å²) in [7, 11) is -3.64. The SMILES string of the molecule is C[C@H](C(=O)Nc1ccc2c(c1)OCO2)N(c1ccccc1)S(C)(=O)=O. The first-order chi connectivity index (χ1) is 11.9. The molecule has 2 aromatic carbocycles. The zero-order valence-electron chi connectivity index (χ0n) is 13.8. The van der Waals surface area contributed by atoms with Gasteiger partial charge in [-0.3, -0.25) is 9.10 Å². The van der Waals surface area contributed by atoms with E-state index in [1.54, 1.807) is 48.5 Å². The number of carbonyl (C=O) groups excluding carboxylic acids is 1. The molecule has 1 heterocycles. The number of carbonyl (C=O) groups is 1. The van der Waals surface area contributed by atoms with Crippen LogP contribution in [0.2, 0.25) is 0 Å². The molecule has 0 saturated heterocycles. The van der Waals surface area contributed by atoms with E-state index in [0.717, 1.165) is 10.6 Å². The molecule has 0 fully saturated rings. The van der Waals surface area contributed by atoms with Crippen molar-refractivity contribution >= 4 is 27.3 Å². The number of para-hydroxylation sites is 1. The van der Waals surface area contributed by atoms with Crippen molar-refractivity contribution in [1.82, 2.24) is 0 Å². The topological polar surface area (TPSA) is 84.9 Å². The number of ether oxygens (including phenoxy) is 2. The molecule has 1 atom stereocenters. The zero-order chi connectivity index (χ0) is 18.0. The van der Waals surface area contributed by atoms with E-state index in [9.17, 15) is 13.2 Å². The van der Waals surface area contributed by atoms with Crippen LogP contribution in [0.5, 0.6) is 11.5 Å². The molecule has 25 heavy (non-hydrogen) atoms. The highest BCUT2D eigenvalue weighted by Gasteiger charge is 2.29. The third kappa shape index (κ3) is 3.69. The molecule has 1 aliphatic rings. The Kier molecular flexibility index (Phi) is 4.54. The minimum atomic E-state index is -3.64. The van der Waals surface area contributed by atoms with Gasteiger partial charge in [0.05, 0.1) is 11.9 Å².